The van der Waals surface area contributed by atoms with Gasteiger partial charge < -0.3 is 14.8 Å². The Balaban J connectivity index is 1.40. The number of hydrogen-bond donors (Lipinski definition) is 2. The molecule has 0 heterocycles. The van der Waals surface area contributed by atoms with Crippen LogP contribution < -0.4 is 20.2 Å². The van der Waals surface area contributed by atoms with Crippen molar-refractivity contribution in [2.45, 2.75) is 32.8 Å². The van der Waals surface area contributed by atoms with Crippen LogP contribution in [0.5, 0.6) is 11.5 Å². The van der Waals surface area contributed by atoms with E-state index in [0.29, 0.717) is 18.9 Å². The molecule has 7 heteroatoms. The van der Waals surface area contributed by atoms with Crippen molar-refractivity contribution in [2.75, 3.05) is 11.9 Å². The number of ether oxygens (including phenoxy) is 2. The molecule has 0 saturated heterocycles. The van der Waals surface area contributed by atoms with Crippen molar-refractivity contribution in [3.8, 4) is 11.5 Å². The number of nitrogens with one attached hydrogen (secondary N) is 2. The topological polar surface area (TPSA) is 89.0 Å². The van der Waals surface area contributed by atoms with Crippen LogP contribution in [0.15, 0.2) is 84.0 Å². The van der Waals surface area contributed by atoms with Gasteiger partial charge in [-0.1, -0.05) is 50.1 Å². The maximum absolute atomic E-state index is 12.1. The van der Waals surface area contributed by atoms with Crippen molar-refractivity contribution in [2.24, 2.45) is 5.10 Å². The van der Waals surface area contributed by atoms with Gasteiger partial charge in [-0.05, 0) is 66.1 Å². The number of rotatable bonds is 11. The van der Waals surface area contributed by atoms with Gasteiger partial charge in [0.05, 0.1) is 12.8 Å². The molecule has 34 heavy (non-hydrogen) atoms. The van der Waals surface area contributed by atoms with Crippen LogP contribution in [-0.4, -0.2) is 24.6 Å². The fourth-order valence-electron chi connectivity index (χ4n) is 2.97. The Labute approximate surface area is 199 Å². The summed E-state index contributed by atoms with van der Waals surface area (Å²) < 4.78 is 11.4. The molecule has 7 nitrogen and oxygen atoms in total. The molecule has 0 saturated carbocycles. The van der Waals surface area contributed by atoms with E-state index in [4.69, 9.17) is 9.47 Å². The zero-order chi connectivity index (χ0) is 24.0. The highest BCUT2D eigenvalue weighted by molar-refractivity contribution is 6.39. The van der Waals surface area contributed by atoms with Crippen molar-refractivity contribution < 1.29 is 19.1 Å². The van der Waals surface area contributed by atoms with E-state index >= 15 is 0 Å². The van der Waals surface area contributed by atoms with E-state index in [2.05, 4.69) is 22.8 Å². The lowest BCUT2D eigenvalue weighted by molar-refractivity contribution is -0.136. The molecule has 0 spiro atoms. The molecule has 0 aliphatic rings. The van der Waals surface area contributed by atoms with Crippen LogP contribution >= 0.6 is 0 Å². The molecule has 0 fully saturated rings. The van der Waals surface area contributed by atoms with E-state index in [0.717, 1.165) is 41.9 Å². The highest BCUT2D eigenvalue weighted by Crippen LogP contribution is 2.16. The smallest absolute Gasteiger partial charge is 0.329 e. The lowest BCUT2D eigenvalue weighted by atomic mass is 10.2. The molecule has 0 bridgehead atoms. The largest absolute Gasteiger partial charge is 0.494 e. The summed E-state index contributed by atoms with van der Waals surface area (Å²) in [5, 5.41) is 6.38. The van der Waals surface area contributed by atoms with E-state index in [9.17, 15) is 9.59 Å². The van der Waals surface area contributed by atoms with E-state index in [1.807, 2.05) is 54.6 Å². The number of carbonyl (C=O) groups excluding carboxylic acids is 2. The third-order valence-corrected chi connectivity index (χ3v) is 4.84. The third-order valence-electron chi connectivity index (χ3n) is 4.84. The lowest BCUT2D eigenvalue weighted by Gasteiger charge is -2.08. The standard InChI is InChI=1S/C27H29N3O4/c1-2-3-7-18-33-24-16-12-23(13-17-24)29-26(31)27(32)30-28-19-21-10-14-25(15-11-21)34-20-22-8-5-4-6-9-22/h4-6,8-17,19H,2-3,7,18,20H2,1H3,(H,29,31)(H,30,32). The first-order chi connectivity index (χ1) is 16.6. The summed E-state index contributed by atoms with van der Waals surface area (Å²) in [6, 6.07) is 24.0. The van der Waals surface area contributed by atoms with Crippen LogP contribution in [0.3, 0.4) is 0 Å². The minimum absolute atomic E-state index is 0.480. The van der Waals surface area contributed by atoms with Crippen LogP contribution in [0.4, 0.5) is 5.69 Å². The van der Waals surface area contributed by atoms with E-state index < -0.39 is 11.8 Å². The normalized spacial score (nSPS) is 10.6. The second kappa shape index (κ2) is 13.4. The minimum Gasteiger partial charge on any atom is -0.494 e. The highest BCUT2D eigenvalue weighted by atomic mass is 16.5. The van der Waals surface area contributed by atoms with Crippen LogP contribution in [-0.2, 0) is 16.2 Å². The predicted molar refractivity (Wildman–Crippen MR) is 133 cm³/mol. The molecular weight excluding hydrogens is 430 g/mol. The molecular formula is C27H29N3O4. The second-order valence-electron chi connectivity index (χ2n) is 7.58. The molecule has 0 aliphatic heterocycles. The zero-order valence-electron chi connectivity index (χ0n) is 19.2. The first-order valence-corrected chi connectivity index (χ1v) is 11.3. The Kier molecular flexibility index (Phi) is 9.68. The predicted octanol–water partition coefficient (Wildman–Crippen LogP) is 4.92. The molecule has 3 rings (SSSR count). The molecule has 176 valence electrons. The maximum atomic E-state index is 12.1. The van der Waals surface area contributed by atoms with Crippen LogP contribution in [0.25, 0.3) is 0 Å². The Bertz CT molecular complexity index is 1070. The summed E-state index contributed by atoms with van der Waals surface area (Å²) in [5.41, 5.74) is 4.56. The summed E-state index contributed by atoms with van der Waals surface area (Å²) in [6.45, 7) is 3.28. The molecule has 3 aromatic carbocycles. The summed E-state index contributed by atoms with van der Waals surface area (Å²) in [5.74, 6) is -0.223. The number of hydrogen-bond acceptors (Lipinski definition) is 5. The van der Waals surface area contributed by atoms with Gasteiger partial charge in [-0.15, -0.1) is 0 Å². The summed E-state index contributed by atoms with van der Waals surface area (Å²) in [6.07, 6.45) is 4.72. The number of benzene rings is 3. The van der Waals surface area contributed by atoms with E-state index in [1.54, 1.807) is 24.3 Å². The quantitative estimate of drug-likeness (QED) is 0.184. The second-order valence-corrected chi connectivity index (χ2v) is 7.58. The van der Waals surface area contributed by atoms with Crippen molar-refractivity contribution in [3.63, 3.8) is 0 Å². The van der Waals surface area contributed by atoms with Gasteiger partial charge >= 0.3 is 11.8 Å². The summed E-state index contributed by atoms with van der Waals surface area (Å²) >= 11 is 0. The molecule has 0 atom stereocenters. The Morgan fingerprint density at radius 1 is 0.824 bits per heavy atom. The van der Waals surface area contributed by atoms with Gasteiger partial charge in [0, 0.05) is 5.69 Å². The first-order valence-electron chi connectivity index (χ1n) is 11.3. The van der Waals surface area contributed by atoms with Crippen molar-refractivity contribution in [1.29, 1.82) is 0 Å². The molecule has 3 aromatic rings. The fourth-order valence-corrected chi connectivity index (χ4v) is 2.97. The van der Waals surface area contributed by atoms with Gasteiger partial charge in [0.25, 0.3) is 0 Å². The number of carbonyl (C=O) groups is 2. The maximum Gasteiger partial charge on any atom is 0.329 e. The Morgan fingerprint density at radius 2 is 1.50 bits per heavy atom. The summed E-state index contributed by atoms with van der Waals surface area (Å²) in [4.78, 5) is 24.1. The first kappa shape index (κ1) is 24.5. The average Bonchev–Trinajstić information content (AvgIpc) is 2.87. The number of unbranched alkanes of at least 4 members (excludes halogenated alkanes) is 2. The van der Waals surface area contributed by atoms with Gasteiger partial charge in [-0.2, -0.15) is 5.10 Å². The van der Waals surface area contributed by atoms with E-state index in [1.165, 1.54) is 6.21 Å². The van der Waals surface area contributed by atoms with Gasteiger partial charge in [-0.25, -0.2) is 5.43 Å². The van der Waals surface area contributed by atoms with Gasteiger partial charge in [0.2, 0.25) is 0 Å². The number of nitrogens with zero attached hydrogens (tertiary/aromatic N) is 1. The van der Waals surface area contributed by atoms with E-state index in [-0.39, 0.29) is 0 Å². The van der Waals surface area contributed by atoms with Crippen LogP contribution in [0.1, 0.15) is 37.3 Å². The molecule has 0 aliphatic carbocycles. The van der Waals surface area contributed by atoms with Crippen molar-refractivity contribution >= 4 is 23.7 Å². The molecule has 0 radical (unpaired) electrons. The summed E-state index contributed by atoms with van der Waals surface area (Å²) in [7, 11) is 0. The average molecular weight is 460 g/mol. The molecule has 0 unspecified atom stereocenters. The highest BCUT2D eigenvalue weighted by Gasteiger charge is 2.12. The monoisotopic (exact) mass is 459 g/mol. The van der Waals surface area contributed by atoms with Crippen molar-refractivity contribution in [1.82, 2.24) is 5.43 Å². The fraction of sp³-hybridized carbons (Fsp3) is 0.222. The lowest BCUT2D eigenvalue weighted by Crippen LogP contribution is -2.32. The molecule has 2 amide bonds. The Morgan fingerprint density at radius 3 is 2.21 bits per heavy atom. The molecule has 2 N–H and O–H groups in total. The number of anilines is 1. The van der Waals surface area contributed by atoms with Crippen molar-refractivity contribution in [3.05, 3.63) is 90.0 Å². The SMILES string of the molecule is CCCCCOc1ccc(NC(=O)C(=O)NN=Cc2ccc(OCc3ccccc3)cc2)cc1. The zero-order valence-corrected chi connectivity index (χ0v) is 19.2. The number of hydrazone groups is 1. The minimum atomic E-state index is -0.862. The van der Waals surface area contributed by atoms with Gasteiger partial charge in [0.1, 0.15) is 18.1 Å². The van der Waals surface area contributed by atoms with Crippen LogP contribution in [0, 0.1) is 0 Å². The molecule has 0 aromatic heterocycles. The van der Waals surface area contributed by atoms with Gasteiger partial charge in [-0.3, -0.25) is 9.59 Å². The Hall–Kier alpha value is -4.13. The third kappa shape index (κ3) is 8.43. The van der Waals surface area contributed by atoms with Gasteiger partial charge in [0.15, 0.2) is 0 Å². The van der Waals surface area contributed by atoms with Crippen LogP contribution in [0.2, 0.25) is 0 Å². The number of amides is 2.